The molecule has 1 aromatic rings. The molecular weight excluding hydrogens is 317 g/mol. The van der Waals surface area contributed by atoms with Crippen LogP contribution in [0.5, 0.6) is 5.75 Å². The zero-order valence-corrected chi connectivity index (χ0v) is 16.2. The summed E-state index contributed by atoms with van der Waals surface area (Å²) in [6, 6.07) is 8.54. The normalized spacial score (nSPS) is 17.8. The van der Waals surface area contributed by atoms with Gasteiger partial charge < -0.3 is 0 Å². The van der Waals surface area contributed by atoms with Crippen molar-refractivity contribution in [3.8, 4) is 5.75 Å². The van der Waals surface area contributed by atoms with E-state index in [2.05, 4.69) is 47.6 Å². The molecule has 0 saturated heterocycles. The number of hydrogen-bond donors (Lipinski definition) is 0. The van der Waals surface area contributed by atoms with E-state index in [0.717, 1.165) is 11.7 Å². The first-order valence-corrected chi connectivity index (χ1v) is 16.1. The monoisotopic (exact) mass is 348 g/mol. The Morgan fingerprint density at radius 1 is 1.14 bits per heavy atom. The molecule has 0 N–H and O–H groups in total. The second kappa shape index (κ2) is 7.53. The van der Waals surface area contributed by atoms with Gasteiger partial charge in [-0.25, -0.2) is 0 Å². The summed E-state index contributed by atoms with van der Waals surface area (Å²) in [6.07, 6.45) is 9.55. The third-order valence-corrected chi connectivity index (χ3v) is 7.28. The van der Waals surface area contributed by atoms with Gasteiger partial charge in [0.05, 0.1) is 0 Å². The first kappa shape index (κ1) is 16.7. The van der Waals surface area contributed by atoms with Crippen molar-refractivity contribution in [2.75, 3.05) is 7.11 Å². The summed E-state index contributed by atoms with van der Waals surface area (Å²) >= 11 is -1.65. The molecule has 0 unspecified atom stereocenters. The van der Waals surface area contributed by atoms with E-state index in [9.17, 15) is 0 Å². The van der Waals surface area contributed by atoms with E-state index in [1.807, 2.05) is 0 Å². The number of ether oxygens (including phenoxy) is 1. The Hall–Kier alpha value is -0.697. The zero-order chi connectivity index (χ0) is 15.3. The number of methoxy groups -OCH3 is 1. The third kappa shape index (κ3) is 5.21. The van der Waals surface area contributed by atoms with Gasteiger partial charge in [0, 0.05) is 0 Å². The topological polar surface area (TPSA) is 9.23 Å². The quantitative estimate of drug-likeness (QED) is 0.594. The third-order valence-electron chi connectivity index (χ3n) is 4.26. The molecular formula is C19H30GeO. The van der Waals surface area contributed by atoms with Gasteiger partial charge in [-0.1, -0.05) is 0 Å². The molecule has 0 radical (unpaired) electrons. The molecule has 0 amide bonds. The molecule has 1 saturated carbocycles. The van der Waals surface area contributed by atoms with Crippen LogP contribution in [0.2, 0.25) is 22.5 Å². The van der Waals surface area contributed by atoms with Crippen molar-refractivity contribution in [1.29, 1.82) is 0 Å². The molecule has 2 rings (SSSR count). The fourth-order valence-electron chi connectivity index (χ4n) is 3.31. The summed E-state index contributed by atoms with van der Waals surface area (Å²) in [7, 11) is 1.79. The van der Waals surface area contributed by atoms with Crippen molar-refractivity contribution in [2.24, 2.45) is 5.92 Å². The molecule has 0 aliphatic heterocycles. The summed E-state index contributed by atoms with van der Waals surface area (Å²) in [4.78, 5) is 0. The minimum atomic E-state index is -1.65. The summed E-state index contributed by atoms with van der Waals surface area (Å²) < 4.78 is 5.61. The maximum atomic E-state index is 5.61. The van der Waals surface area contributed by atoms with Crippen LogP contribution in [0.15, 0.2) is 30.3 Å². The summed E-state index contributed by atoms with van der Waals surface area (Å²) in [5, 5.41) is 1.29. The molecule has 1 aliphatic carbocycles. The van der Waals surface area contributed by atoms with Crippen molar-refractivity contribution in [3.05, 3.63) is 35.9 Å². The van der Waals surface area contributed by atoms with Crippen LogP contribution >= 0.6 is 0 Å². The molecule has 0 aromatic heterocycles. The van der Waals surface area contributed by atoms with E-state index in [1.165, 1.54) is 42.9 Å². The van der Waals surface area contributed by atoms with Crippen molar-refractivity contribution in [1.82, 2.24) is 0 Å². The summed E-state index contributed by atoms with van der Waals surface area (Å²) in [5.74, 6) is 9.33. The summed E-state index contributed by atoms with van der Waals surface area (Å²) in [6.45, 7) is 0. The SMILES string of the molecule is COc1ccccc1/C(=C/C1CCCCC1)[CH2][Ge]([CH3])([CH3])[CH3]. The van der Waals surface area contributed by atoms with Gasteiger partial charge in [0.25, 0.3) is 0 Å². The van der Waals surface area contributed by atoms with E-state index in [1.54, 1.807) is 12.7 Å². The van der Waals surface area contributed by atoms with E-state index in [0.29, 0.717) is 0 Å². The Balaban J connectivity index is 2.32. The van der Waals surface area contributed by atoms with Crippen LogP contribution in [-0.4, -0.2) is 20.4 Å². The molecule has 1 aliphatic rings. The fourth-order valence-corrected chi connectivity index (χ4v) is 6.35. The van der Waals surface area contributed by atoms with Gasteiger partial charge in [0.15, 0.2) is 0 Å². The van der Waals surface area contributed by atoms with Crippen molar-refractivity contribution < 1.29 is 4.74 Å². The number of benzene rings is 1. The Labute approximate surface area is 133 Å². The predicted molar refractivity (Wildman–Crippen MR) is 95.7 cm³/mol. The van der Waals surface area contributed by atoms with Gasteiger partial charge in [0.2, 0.25) is 0 Å². The van der Waals surface area contributed by atoms with Crippen LogP contribution in [0.1, 0.15) is 37.7 Å². The standard InChI is InChI=1S/C19H30GeO/c1-20(2,3)15-17(14-16-10-6-5-7-11-16)18-12-8-9-13-19(18)21-4/h8-9,12-14,16H,5-7,10-11,15H2,1-4H3/b17-14+. The number of hydrogen-bond acceptors (Lipinski definition) is 1. The first-order valence-electron chi connectivity index (χ1n) is 8.34. The van der Waals surface area contributed by atoms with Gasteiger partial charge in [-0.05, 0) is 0 Å². The van der Waals surface area contributed by atoms with E-state index in [-0.39, 0.29) is 0 Å². The van der Waals surface area contributed by atoms with E-state index >= 15 is 0 Å². The number of para-hydroxylation sites is 1. The van der Waals surface area contributed by atoms with Crippen molar-refractivity contribution in [2.45, 2.75) is 54.6 Å². The van der Waals surface area contributed by atoms with Crippen LogP contribution in [0, 0.1) is 5.92 Å². The average Bonchev–Trinajstić information content (AvgIpc) is 2.46. The van der Waals surface area contributed by atoms with Crippen molar-refractivity contribution in [3.63, 3.8) is 0 Å². The second-order valence-electron chi connectivity index (χ2n) is 7.53. The van der Waals surface area contributed by atoms with Crippen LogP contribution in [0.25, 0.3) is 5.57 Å². The Morgan fingerprint density at radius 2 is 1.81 bits per heavy atom. The van der Waals surface area contributed by atoms with Crippen LogP contribution in [-0.2, 0) is 0 Å². The molecule has 0 heterocycles. The summed E-state index contributed by atoms with van der Waals surface area (Å²) in [5.41, 5.74) is 2.87. The average molecular weight is 347 g/mol. The second-order valence-corrected chi connectivity index (χ2v) is 19.0. The number of rotatable bonds is 5. The Morgan fingerprint density at radius 3 is 2.43 bits per heavy atom. The first-order chi connectivity index (χ1) is 9.99. The van der Waals surface area contributed by atoms with Gasteiger partial charge in [0.1, 0.15) is 0 Å². The van der Waals surface area contributed by atoms with Gasteiger partial charge >= 0.3 is 133 Å². The Bertz CT molecular complexity index is 479. The minimum absolute atomic E-state index is 0.781. The molecule has 1 aromatic carbocycles. The molecule has 0 spiro atoms. The van der Waals surface area contributed by atoms with Gasteiger partial charge in [-0.3, -0.25) is 0 Å². The molecule has 0 atom stereocenters. The molecule has 1 fully saturated rings. The molecule has 1 nitrogen and oxygen atoms in total. The number of allylic oxidation sites excluding steroid dienone is 2. The van der Waals surface area contributed by atoms with Crippen LogP contribution in [0.3, 0.4) is 0 Å². The molecule has 2 heteroatoms. The Kier molecular flexibility index (Phi) is 5.98. The maximum absolute atomic E-state index is 5.61. The van der Waals surface area contributed by atoms with E-state index in [4.69, 9.17) is 4.74 Å². The predicted octanol–water partition coefficient (Wildman–Crippen LogP) is 6.00. The van der Waals surface area contributed by atoms with Crippen LogP contribution < -0.4 is 4.74 Å². The zero-order valence-electron chi connectivity index (χ0n) is 14.1. The molecule has 21 heavy (non-hydrogen) atoms. The van der Waals surface area contributed by atoms with Crippen LogP contribution in [0.4, 0.5) is 0 Å². The molecule has 0 bridgehead atoms. The fraction of sp³-hybridized carbons (Fsp3) is 0.579. The van der Waals surface area contributed by atoms with Crippen molar-refractivity contribution >= 4 is 18.8 Å². The van der Waals surface area contributed by atoms with E-state index < -0.39 is 13.3 Å². The molecule has 116 valence electrons. The van der Waals surface area contributed by atoms with Gasteiger partial charge in [-0.15, -0.1) is 0 Å². The van der Waals surface area contributed by atoms with Gasteiger partial charge in [-0.2, -0.15) is 0 Å².